The summed E-state index contributed by atoms with van der Waals surface area (Å²) < 4.78 is 66.3. The van der Waals surface area contributed by atoms with Crippen molar-refractivity contribution in [2.24, 2.45) is 0 Å². The van der Waals surface area contributed by atoms with E-state index < -0.39 is 20.2 Å². The Labute approximate surface area is 180 Å². The predicted molar refractivity (Wildman–Crippen MR) is 109 cm³/mol. The van der Waals surface area contributed by atoms with Crippen LogP contribution in [-0.2, 0) is 46.4 Å². The molecule has 5 heterocycles. The van der Waals surface area contributed by atoms with Crippen molar-refractivity contribution in [1.29, 1.82) is 0 Å². The molecule has 0 fully saturated rings. The first-order valence-corrected chi connectivity index (χ1v) is 12.5. The van der Waals surface area contributed by atoms with Gasteiger partial charge in [0, 0.05) is 52.4 Å². The summed E-state index contributed by atoms with van der Waals surface area (Å²) in [6.45, 7) is 3.53. The zero-order chi connectivity index (χ0) is 22.2. The number of nitrogens with zero attached hydrogens (tertiary/aromatic N) is 4. The highest BCUT2D eigenvalue weighted by Crippen LogP contribution is 2.20. The van der Waals surface area contributed by atoms with Gasteiger partial charge in [0.15, 0.2) is 0 Å². The maximum atomic E-state index is 11.8. The van der Waals surface area contributed by atoms with Crippen LogP contribution in [0.25, 0.3) is 0 Å². The first-order valence-electron chi connectivity index (χ1n) is 9.66. The van der Waals surface area contributed by atoms with E-state index in [1.807, 2.05) is 9.80 Å². The second kappa shape index (κ2) is 8.50. The van der Waals surface area contributed by atoms with E-state index in [2.05, 4.69) is 15.3 Å². The molecule has 3 aliphatic heterocycles. The lowest BCUT2D eigenvalue weighted by Crippen LogP contribution is -2.38. The van der Waals surface area contributed by atoms with Gasteiger partial charge in [-0.25, -0.2) is 0 Å². The molecule has 6 bridgehead atoms. The van der Waals surface area contributed by atoms with Gasteiger partial charge in [0.05, 0.1) is 32.6 Å². The Morgan fingerprint density at radius 2 is 1.00 bits per heavy atom. The van der Waals surface area contributed by atoms with Gasteiger partial charge in [0.1, 0.15) is 0 Å². The molecule has 0 spiro atoms. The number of rotatable bonds is 2. The summed E-state index contributed by atoms with van der Waals surface area (Å²) in [4.78, 5) is 12.7. The van der Waals surface area contributed by atoms with Crippen LogP contribution >= 0.6 is 0 Å². The van der Waals surface area contributed by atoms with Gasteiger partial charge in [-0.1, -0.05) is 0 Å². The zero-order valence-corrected chi connectivity index (χ0v) is 18.2. The molecule has 13 heteroatoms. The second-order valence-corrected chi connectivity index (χ2v) is 10.5. The molecule has 0 aliphatic carbocycles. The fourth-order valence-corrected chi connectivity index (χ4v) is 4.94. The number of aromatic nitrogens is 2. The van der Waals surface area contributed by atoms with Crippen molar-refractivity contribution in [1.82, 2.24) is 25.1 Å². The molecular formula is C18H23N5O6S2. The Bertz CT molecular complexity index is 1060. The second-order valence-electron chi connectivity index (χ2n) is 7.69. The fourth-order valence-electron chi connectivity index (χ4n) is 3.80. The van der Waals surface area contributed by atoms with Crippen molar-refractivity contribution in [3.8, 4) is 0 Å². The van der Waals surface area contributed by atoms with Crippen LogP contribution in [0.15, 0.2) is 34.1 Å². The normalized spacial score (nSPS) is 22.5. The minimum Gasteiger partial charge on any atom is -0.314 e. The van der Waals surface area contributed by atoms with Gasteiger partial charge >= 0.3 is 0 Å². The molecule has 2 aromatic heterocycles. The molecule has 0 saturated carbocycles. The summed E-state index contributed by atoms with van der Waals surface area (Å²) in [5.41, 5.74) is 1.88. The van der Waals surface area contributed by atoms with E-state index in [0.717, 1.165) is 0 Å². The van der Waals surface area contributed by atoms with Gasteiger partial charge < -0.3 is 5.32 Å². The van der Waals surface area contributed by atoms with Crippen molar-refractivity contribution in [3.63, 3.8) is 0 Å². The fraction of sp³-hybridized carbons (Fsp3) is 0.444. The lowest BCUT2D eigenvalue weighted by molar-refractivity contribution is 0.221. The van der Waals surface area contributed by atoms with Crippen molar-refractivity contribution in [2.45, 2.75) is 36.0 Å². The molecule has 3 aliphatic rings. The third-order valence-electron chi connectivity index (χ3n) is 5.16. The van der Waals surface area contributed by atoms with Crippen molar-refractivity contribution in [2.75, 3.05) is 26.2 Å². The van der Waals surface area contributed by atoms with E-state index >= 15 is 0 Å². The number of pyridine rings is 2. The topological polar surface area (TPSA) is 153 Å². The van der Waals surface area contributed by atoms with Crippen LogP contribution in [0.4, 0.5) is 0 Å². The molecule has 2 aromatic rings. The van der Waals surface area contributed by atoms with E-state index in [1.54, 1.807) is 0 Å². The van der Waals surface area contributed by atoms with E-state index in [1.165, 1.54) is 24.3 Å². The van der Waals surface area contributed by atoms with E-state index in [4.69, 9.17) is 0 Å². The largest absolute Gasteiger partial charge is 0.314 e. The van der Waals surface area contributed by atoms with Crippen LogP contribution in [0.5, 0.6) is 0 Å². The van der Waals surface area contributed by atoms with Gasteiger partial charge in [-0.15, -0.1) is 0 Å². The lowest BCUT2D eigenvalue weighted by Gasteiger charge is -2.28. The third-order valence-corrected chi connectivity index (χ3v) is 6.82. The summed E-state index contributed by atoms with van der Waals surface area (Å²) in [6, 6.07) is 5.37. The van der Waals surface area contributed by atoms with Gasteiger partial charge in [0.2, 0.25) is 0 Å². The summed E-state index contributed by atoms with van der Waals surface area (Å²) in [6.07, 6.45) is 0. The molecular weight excluding hydrogens is 446 g/mol. The Kier molecular flexibility index (Phi) is 6.09. The van der Waals surface area contributed by atoms with Crippen molar-refractivity contribution >= 4 is 20.2 Å². The summed E-state index contributed by atoms with van der Waals surface area (Å²) in [7, 11) is -8.79. The van der Waals surface area contributed by atoms with Crippen molar-refractivity contribution in [3.05, 3.63) is 47.0 Å². The van der Waals surface area contributed by atoms with Gasteiger partial charge in [0.25, 0.3) is 20.2 Å². The third kappa shape index (κ3) is 5.63. The van der Waals surface area contributed by atoms with Gasteiger partial charge in [-0.2, -0.15) is 16.8 Å². The average Bonchev–Trinajstić information content (AvgIpc) is 2.64. The molecule has 0 unspecified atom stereocenters. The zero-order valence-electron chi connectivity index (χ0n) is 16.6. The molecule has 5 rings (SSSR count). The van der Waals surface area contributed by atoms with E-state index in [0.29, 0.717) is 49.0 Å². The summed E-state index contributed by atoms with van der Waals surface area (Å²) in [5, 5.41) is 3.37. The van der Waals surface area contributed by atoms with Crippen LogP contribution < -0.4 is 5.32 Å². The molecule has 0 amide bonds. The van der Waals surface area contributed by atoms with Crippen LogP contribution in [-0.4, -0.2) is 71.9 Å². The highest BCUT2D eigenvalue weighted by molar-refractivity contribution is 7.86. The smallest absolute Gasteiger partial charge is 0.294 e. The quantitative estimate of drug-likeness (QED) is 0.505. The van der Waals surface area contributed by atoms with Gasteiger partial charge in [-0.05, 0) is 24.3 Å². The van der Waals surface area contributed by atoms with Gasteiger partial charge in [-0.3, -0.25) is 28.9 Å². The molecule has 0 radical (unpaired) electrons. The molecule has 0 atom stereocenters. The molecule has 0 aromatic carbocycles. The number of fused-ring (bicyclic) bond motifs is 4. The van der Waals surface area contributed by atoms with Crippen LogP contribution in [0.2, 0.25) is 0 Å². The predicted octanol–water partition coefficient (Wildman–Crippen LogP) is -0.109. The monoisotopic (exact) mass is 469 g/mol. The Morgan fingerprint density at radius 3 is 1.29 bits per heavy atom. The standard InChI is InChI=1S/C18H23N5O6S2/c24-30(25,26)17-5-13-9-22-3-1-19-2-4-23(11-15(7-17)20-13)12-16-8-18(31(27,28)29)6-14(10-22)21-16/h5-8,19H,1-4,9-12H2,(H,24,25,26)(H,27,28,29). The molecule has 0 saturated heterocycles. The molecule has 11 nitrogen and oxygen atoms in total. The van der Waals surface area contributed by atoms with Crippen LogP contribution in [0.3, 0.4) is 0 Å². The number of nitrogens with one attached hydrogen (secondary N) is 1. The highest BCUT2D eigenvalue weighted by Gasteiger charge is 2.22. The average molecular weight is 470 g/mol. The molecule has 168 valence electrons. The molecule has 31 heavy (non-hydrogen) atoms. The van der Waals surface area contributed by atoms with Crippen molar-refractivity contribution < 1.29 is 25.9 Å². The first kappa shape index (κ1) is 22.2. The molecule has 3 N–H and O–H groups in total. The van der Waals surface area contributed by atoms with E-state index in [9.17, 15) is 25.9 Å². The minimum absolute atomic E-state index is 0.204. The summed E-state index contributed by atoms with van der Waals surface area (Å²) in [5.74, 6) is 0. The van der Waals surface area contributed by atoms with Crippen LogP contribution in [0.1, 0.15) is 22.8 Å². The van der Waals surface area contributed by atoms with Crippen LogP contribution in [0, 0.1) is 0 Å². The maximum Gasteiger partial charge on any atom is 0.294 e. The van der Waals surface area contributed by atoms with E-state index in [-0.39, 0.29) is 36.0 Å². The SMILES string of the molecule is O=S(=O)(O)c1cc2nc(c1)CN1CCNCCN(C2)Cc2cc(S(=O)(=O)O)cc(n2)C1. The first-order chi connectivity index (χ1) is 14.6. The number of hydrogen-bond donors (Lipinski definition) is 3. The Morgan fingerprint density at radius 1 is 0.677 bits per heavy atom. The lowest BCUT2D eigenvalue weighted by atomic mass is 10.2. The minimum atomic E-state index is -4.40. The highest BCUT2D eigenvalue weighted by atomic mass is 32.2. The summed E-state index contributed by atoms with van der Waals surface area (Å²) >= 11 is 0. The Hall–Kier alpha value is -2.00. The maximum absolute atomic E-state index is 11.8. The Balaban J connectivity index is 1.85. The number of hydrogen-bond acceptors (Lipinski definition) is 9.